The average molecular weight is 394 g/mol. The molecule has 2 aliphatic rings. The molecule has 0 spiro atoms. The van der Waals surface area contributed by atoms with E-state index in [4.69, 9.17) is 0 Å². The molecule has 0 amide bonds. The standard InChI is InChI=1S/C26H36NP/c1-21-13-9-10-18-24(21)25-19-11-12-20-26(25)27(2)28(22-14-5-3-6-15-22)23-16-7-4-8-17-23/h3-8,14-17,21,24-26H,9-13,18-20H2,1-2H3/t21?,24?,25-,26+/m1/s1. The first kappa shape index (κ1) is 20.1. The van der Waals surface area contributed by atoms with E-state index < -0.39 is 8.07 Å². The summed E-state index contributed by atoms with van der Waals surface area (Å²) in [5.74, 6) is 2.73. The van der Waals surface area contributed by atoms with Crippen molar-refractivity contribution in [3.8, 4) is 0 Å². The minimum atomic E-state index is -0.464. The van der Waals surface area contributed by atoms with E-state index in [9.17, 15) is 0 Å². The van der Waals surface area contributed by atoms with Crippen LogP contribution in [0, 0.1) is 17.8 Å². The van der Waals surface area contributed by atoms with Crippen LogP contribution >= 0.6 is 8.07 Å². The van der Waals surface area contributed by atoms with E-state index in [0.29, 0.717) is 0 Å². The molecule has 0 bridgehead atoms. The highest BCUT2D eigenvalue weighted by Gasteiger charge is 2.39. The Labute approximate surface area is 173 Å². The highest BCUT2D eigenvalue weighted by molar-refractivity contribution is 7.70. The lowest BCUT2D eigenvalue weighted by Crippen LogP contribution is -2.45. The topological polar surface area (TPSA) is 3.24 Å². The molecular formula is C26H36NP. The molecule has 2 aromatic carbocycles. The second-order valence-electron chi connectivity index (χ2n) is 9.00. The number of hydrogen-bond acceptors (Lipinski definition) is 1. The zero-order valence-electron chi connectivity index (χ0n) is 17.6. The van der Waals surface area contributed by atoms with Gasteiger partial charge in [0.1, 0.15) is 0 Å². The van der Waals surface area contributed by atoms with Crippen molar-refractivity contribution in [3.05, 3.63) is 60.7 Å². The molecule has 4 rings (SSSR count). The predicted octanol–water partition coefficient (Wildman–Crippen LogP) is 6.35. The van der Waals surface area contributed by atoms with E-state index >= 15 is 0 Å². The van der Waals surface area contributed by atoms with E-state index in [-0.39, 0.29) is 0 Å². The van der Waals surface area contributed by atoms with E-state index in [0.717, 1.165) is 23.8 Å². The summed E-state index contributed by atoms with van der Waals surface area (Å²) in [6.45, 7) is 2.53. The van der Waals surface area contributed by atoms with Crippen LogP contribution in [0.25, 0.3) is 0 Å². The van der Waals surface area contributed by atoms with Crippen LogP contribution in [0.5, 0.6) is 0 Å². The highest BCUT2D eigenvalue weighted by Crippen LogP contribution is 2.48. The van der Waals surface area contributed by atoms with Crippen LogP contribution in [0.3, 0.4) is 0 Å². The molecule has 1 nitrogen and oxygen atoms in total. The van der Waals surface area contributed by atoms with Crippen molar-refractivity contribution in [1.82, 2.24) is 4.67 Å². The van der Waals surface area contributed by atoms with E-state index in [1.165, 1.54) is 62.0 Å². The van der Waals surface area contributed by atoms with Gasteiger partial charge in [0, 0.05) is 14.1 Å². The van der Waals surface area contributed by atoms with Crippen molar-refractivity contribution < 1.29 is 0 Å². The quantitative estimate of drug-likeness (QED) is 0.535. The summed E-state index contributed by atoms with van der Waals surface area (Å²) < 4.78 is 2.81. The van der Waals surface area contributed by atoms with Crippen LogP contribution in [0.2, 0.25) is 0 Å². The molecule has 2 unspecified atom stereocenters. The maximum absolute atomic E-state index is 2.81. The fourth-order valence-corrected chi connectivity index (χ4v) is 8.40. The number of nitrogens with zero attached hydrogens (tertiary/aromatic N) is 1. The molecule has 0 aromatic heterocycles. The molecule has 0 radical (unpaired) electrons. The SMILES string of the molecule is CC1CCCCC1[C@H]1CCCC[C@@H]1N(C)P(c1ccccc1)c1ccccc1. The summed E-state index contributed by atoms with van der Waals surface area (Å²) in [6.07, 6.45) is 11.5. The Bertz CT molecular complexity index is 676. The van der Waals surface area contributed by atoms with Crippen molar-refractivity contribution in [2.45, 2.75) is 64.3 Å². The van der Waals surface area contributed by atoms with Crippen molar-refractivity contribution in [2.75, 3.05) is 7.05 Å². The number of rotatable bonds is 5. The van der Waals surface area contributed by atoms with Gasteiger partial charge in [0.25, 0.3) is 0 Å². The third kappa shape index (κ3) is 4.37. The number of benzene rings is 2. The van der Waals surface area contributed by atoms with Gasteiger partial charge in [-0.2, -0.15) is 0 Å². The first-order valence-corrected chi connectivity index (χ1v) is 12.7. The average Bonchev–Trinajstić information content (AvgIpc) is 2.76. The van der Waals surface area contributed by atoms with Gasteiger partial charge in [-0.3, -0.25) is 4.67 Å². The van der Waals surface area contributed by atoms with Crippen LogP contribution in [-0.4, -0.2) is 17.8 Å². The first-order chi connectivity index (χ1) is 13.8. The lowest BCUT2D eigenvalue weighted by atomic mass is 9.67. The first-order valence-electron chi connectivity index (χ1n) is 11.4. The third-order valence-corrected chi connectivity index (χ3v) is 9.81. The van der Waals surface area contributed by atoms with Crippen LogP contribution in [0.15, 0.2) is 60.7 Å². The molecule has 0 aliphatic heterocycles. The molecule has 150 valence electrons. The third-order valence-electron chi connectivity index (χ3n) is 7.31. The van der Waals surface area contributed by atoms with Gasteiger partial charge in [-0.25, -0.2) is 0 Å². The minimum absolute atomic E-state index is 0.464. The molecule has 2 saturated carbocycles. The van der Waals surface area contributed by atoms with Gasteiger partial charge < -0.3 is 0 Å². The summed E-state index contributed by atoms with van der Waals surface area (Å²) in [5, 5.41) is 2.99. The molecule has 28 heavy (non-hydrogen) atoms. The Balaban J connectivity index is 1.65. The summed E-state index contributed by atoms with van der Waals surface area (Å²) >= 11 is 0. The molecule has 2 fully saturated rings. The zero-order valence-corrected chi connectivity index (χ0v) is 18.5. The van der Waals surface area contributed by atoms with Crippen LogP contribution < -0.4 is 10.6 Å². The monoisotopic (exact) mass is 393 g/mol. The smallest absolute Gasteiger partial charge is 0.0281 e. The van der Waals surface area contributed by atoms with Crippen molar-refractivity contribution >= 4 is 18.7 Å². The molecule has 4 atom stereocenters. The van der Waals surface area contributed by atoms with Gasteiger partial charge in [-0.05, 0) is 54.7 Å². The van der Waals surface area contributed by atoms with E-state index in [2.05, 4.69) is 79.3 Å². The number of hydrogen-bond donors (Lipinski definition) is 0. The Morgan fingerprint density at radius 1 is 0.679 bits per heavy atom. The van der Waals surface area contributed by atoms with Gasteiger partial charge in [0.05, 0.1) is 0 Å². The predicted molar refractivity (Wildman–Crippen MR) is 124 cm³/mol. The Hall–Kier alpha value is -1.17. The van der Waals surface area contributed by atoms with Crippen molar-refractivity contribution in [2.24, 2.45) is 17.8 Å². The molecule has 2 aromatic rings. The van der Waals surface area contributed by atoms with Crippen molar-refractivity contribution in [1.29, 1.82) is 0 Å². The zero-order chi connectivity index (χ0) is 19.3. The molecule has 2 aliphatic carbocycles. The second-order valence-corrected chi connectivity index (χ2v) is 11.3. The van der Waals surface area contributed by atoms with E-state index in [1.807, 2.05) is 0 Å². The van der Waals surface area contributed by atoms with Gasteiger partial charge in [-0.1, -0.05) is 99.7 Å². The summed E-state index contributed by atoms with van der Waals surface area (Å²) in [5.41, 5.74) is 0. The van der Waals surface area contributed by atoms with Crippen LogP contribution in [0.1, 0.15) is 58.3 Å². The van der Waals surface area contributed by atoms with Gasteiger partial charge in [-0.15, -0.1) is 0 Å². The minimum Gasteiger partial charge on any atom is -0.275 e. The second kappa shape index (κ2) is 9.55. The Morgan fingerprint density at radius 2 is 1.18 bits per heavy atom. The van der Waals surface area contributed by atoms with Gasteiger partial charge in [0.15, 0.2) is 0 Å². The summed E-state index contributed by atoms with van der Waals surface area (Å²) in [4.78, 5) is 0. The van der Waals surface area contributed by atoms with Gasteiger partial charge in [0.2, 0.25) is 0 Å². The normalized spacial score (nSPS) is 28.6. The molecule has 2 heteroatoms. The fraction of sp³-hybridized carbons (Fsp3) is 0.538. The highest BCUT2D eigenvalue weighted by atomic mass is 31.1. The van der Waals surface area contributed by atoms with E-state index in [1.54, 1.807) is 0 Å². The molecule has 0 saturated heterocycles. The summed E-state index contributed by atoms with van der Waals surface area (Å²) in [7, 11) is 1.97. The maximum atomic E-state index is 2.81. The van der Waals surface area contributed by atoms with Crippen LogP contribution in [-0.2, 0) is 0 Å². The molecular weight excluding hydrogens is 357 g/mol. The largest absolute Gasteiger partial charge is 0.275 e. The van der Waals surface area contributed by atoms with Crippen LogP contribution in [0.4, 0.5) is 0 Å². The lowest BCUT2D eigenvalue weighted by Gasteiger charge is -2.47. The molecule has 0 heterocycles. The summed E-state index contributed by atoms with van der Waals surface area (Å²) in [6, 6.07) is 23.2. The maximum Gasteiger partial charge on any atom is 0.0281 e. The fourth-order valence-electron chi connectivity index (χ4n) is 5.88. The van der Waals surface area contributed by atoms with Gasteiger partial charge >= 0.3 is 0 Å². The molecule has 0 N–H and O–H groups in total. The van der Waals surface area contributed by atoms with Crippen molar-refractivity contribution in [3.63, 3.8) is 0 Å². The Kier molecular flexibility index (Phi) is 6.86. The Morgan fingerprint density at radius 3 is 1.75 bits per heavy atom. The lowest BCUT2D eigenvalue weighted by molar-refractivity contribution is 0.0841.